The van der Waals surface area contributed by atoms with Crippen LogP contribution in [0.2, 0.25) is 0 Å². The number of nitrogens with one attached hydrogen (secondary N) is 2. The summed E-state index contributed by atoms with van der Waals surface area (Å²) in [7, 11) is 0. The van der Waals surface area contributed by atoms with Crippen LogP contribution in [0.4, 0.5) is 0 Å². The van der Waals surface area contributed by atoms with Gasteiger partial charge in [0, 0.05) is 19.7 Å². The fourth-order valence-electron chi connectivity index (χ4n) is 3.42. The van der Waals surface area contributed by atoms with Crippen molar-refractivity contribution in [2.75, 3.05) is 19.7 Å². The average molecular weight is 445 g/mol. The Morgan fingerprint density at radius 2 is 1.83 bits per heavy atom. The van der Waals surface area contributed by atoms with Gasteiger partial charge in [0.2, 0.25) is 0 Å². The smallest absolute Gasteiger partial charge is 0.191 e. The molecule has 1 fully saturated rings. The zero-order valence-corrected chi connectivity index (χ0v) is 17.1. The second kappa shape index (κ2) is 11.7. The second-order valence-electron chi connectivity index (χ2n) is 6.57. The van der Waals surface area contributed by atoms with E-state index in [4.69, 9.17) is 4.99 Å². The molecular weight excluding hydrogens is 413 g/mol. The lowest BCUT2D eigenvalue weighted by atomic mass is 9.72. The lowest BCUT2D eigenvalue weighted by Crippen LogP contribution is -2.44. The molecule has 0 aliphatic heterocycles. The van der Waals surface area contributed by atoms with Gasteiger partial charge in [-0.2, -0.15) is 0 Å². The predicted molar refractivity (Wildman–Crippen MR) is 112 cm³/mol. The van der Waals surface area contributed by atoms with Crippen molar-refractivity contribution < 1.29 is 5.11 Å². The molecule has 0 heterocycles. The topological polar surface area (TPSA) is 56.7 Å². The summed E-state index contributed by atoms with van der Waals surface area (Å²) in [5.41, 5.74) is 1.45. The maximum absolute atomic E-state index is 9.43. The van der Waals surface area contributed by atoms with Crippen molar-refractivity contribution in [2.24, 2.45) is 10.4 Å². The van der Waals surface area contributed by atoms with Crippen LogP contribution in [0.1, 0.15) is 51.0 Å². The van der Waals surface area contributed by atoms with Crippen LogP contribution >= 0.6 is 24.0 Å². The van der Waals surface area contributed by atoms with Crippen molar-refractivity contribution in [2.45, 2.75) is 52.0 Å². The number of aliphatic hydroxyl groups excluding tert-OH is 1. The Morgan fingerprint density at radius 3 is 2.46 bits per heavy atom. The SMILES string of the molecule is CCNC(=NCc1ccccc1)NCC1(CCO)CCCCC1.I. The summed E-state index contributed by atoms with van der Waals surface area (Å²) in [4.78, 5) is 4.69. The Labute approximate surface area is 163 Å². The highest BCUT2D eigenvalue weighted by Gasteiger charge is 2.31. The molecule has 1 aliphatic rings. The van der Waals surface area contributed by atoms with E-state index in [1.165, 1.54) is 37.7 Å². The second-order valence-corrected chi connectivity index (χ2v) is 6.57. The highest BCUT2D eigenvalue weighted by molar-refractivity contribution is 14.0. The van der Waals surface area contributed by atoms with Crippen LogP contribution in [0.5, 0.6) is 0 Å². The molecule has 1 aromatic rings. The normalized spacial score (nSPS) is 17.0. The minimum Gasteiger partial charge on any atom is -0.396 e. The molecule has 0 atom stereocenters. The third-order valence-corrected chi connectivity index (χ3v) is 4.79. The first-order valence-electron chi connectivity index (χ1n) is 8.95. The van der Waals surface area contributed by atoms with Crippen LogP contribution in [0.3, 0.4) is 0 Å². The first-order valence-corrected chi connectivity index (χ1v) is 8.95. The van der Waals surface area contributed by atoms with E-state index >= 15 is 0 Å². The van der Waals surface area contributed by atoms with E-state index < -0.39 is 0 Å². The molecule has 0 radical (unpaired) electrons. The molecule has 2 rings (SSSR count). The summed E-state index contributed by atoms with van der Waals surface area (Å²) < 4.78 is 0. The van der Waals surface area contributed by atoms with Gasteiger partial charge in [0.15, 0.2) is 5.96 Å². The van der Waals surface area contributed by atoms with Crippen molar-refractivity contribution in [1.29, 1.82) is 0 Å². The number of halogens is 1. The summed E-state index contributed by atoms with van der Waals surface area (Å²) in [5.74, 6) is 0.874. The highest BCUT2D eigenvalue weighted by atomic mass is 127. The number of guanidine groups is 1. The summed E-state index contributed by atoms with van der Waals surface area (Å²) in [6.45, 7) is 4.80. The number of hydrogen-bond donors (Lipinski definition) is 3. The number of aliphatic hydroxyl groups is 1. The van der Waals surface area contributed by atoms with Crippen LogP contribution in [-0.2, 0) is 6.54 Å². The van der Waals surface area contributed by atoms with Crippen molar-refractivity contribution in [1.82, 2.24) is 10.6 Å². The van der Waals surface area contributed by atoms with Crippen LogP contribution in [0, 0.1) is 5.41 Å². The predicted octanol–water partition coefficient (Wildman–Crippen LogP) is 3.69. The van der Waals surface area contributed by atoms with Crippen LogP contribution in [0.15, 0.2) is 35.3 Å². The summed E-state index contributed by atoms with van der Waals surface area (Å²) >= 11 is 0. The molecule has 0 unspecified atom stereocenters. The summed E-state index contributed by atoms with van der Waals surface area (Å²) in [6.07, 6.45) is 7.18. The molecule has 0 bridgehead atoms. The van der Waals surface area contributed by atoms with Crippen LogP contribution in [0.25, 0.3) is 0 Å². The molecule has 24 heavy (non-hydrogen) atoms. The highest BCUT2D eigenvalue weighted by Crippen LogP contribution is 2.38. The first kappa shape index (κ1) is 21.2. The molecule has 1 aliphatic carbocycles. The molecule has 1 aromatic carbocycles. The van der Waals surface area contributed by atoms with E-state index in [0.29, 0.717) is 6.54 Å². The van der Waals surface area contributed by atoms with E-state index in [0.717, 1.165) is 25.5 Å². The van der Waals surface area contributed by atoms with Crippen LogP contribution < -0.4 is 10.6 Å². The molecule has 1 saturated carbocycles. The third-order valence-electron chi connectivity index (χ3n) is 4.79. The fourth-order valence-corrected chi connectivity index (χ4v) is 3.42. The Kier molecular flexibility index (Phi) is 10.3. The number of benzene rings is 1. The molecule has 4 nitrogen and oxygen atoms in total. The lowest BCUT2D eigenvalue weighted by molar-refractivity contribution is 0.131. The van der Waals surface area contributed by atoms with Crippen LogP contribution in [-0.4, -0.2) is 30.8 Å². The van der Waals surface area contributed by atoms with Gasteiger partial charge in [0.25, 0.3) is 0 Å². The largest absolute Gasteiger partial charge is 0.396 e. The minimum atomic E-state index is 0. The maximum atomic E-state index is 9.43. The summed E-state index contributed by atoms with van der Waals surface area (Å²) in [6, 6.07) is 10.3. The van der Waals surface area contributed by atoms with Gasteiger partial charge in [-0.3, -0.25) is 0 Å². The molecule has 0 spiro atoms. The fraction of sp³-hybridized carbons (Fsp3) is 0.632. The molecule has 0 amide bonds. The zero-order chi connectivity index (χ0) is 16.4. The standard InChI is InChI=1S/C19H31N3O.HI/c1-2-20-18(21-15-17-9-5-3-6-10-17)22-16-19(13-14-23)11-7-4-8-12-19;/h3,5-6,9-10,23H,2,4,7-8,11-16H2,1H3,(H2,20,21,22);1H. The molecule has 136 valence electrons. The van der Waals surface area contributed by atoms with Gasteiger partial charge in [0.05, 0.1) is 6.54 Å². The van der Waals surface area contributed by atoms with Crippen molar-refractivity contribution in [3.8, 4) is 0 Å². The molecule has 0 saturated heterocycles. The Morgan fingerprint density at radius 1 is 1.12 bits per heavy atom. The quantitative estimate of drug-likeness (QED) is 0.341. The van der Waals surface area contributed by atoms with Gasteiger partial charge < -0.3 is 15.7 Å². The number of hydrogen-bond acceptors (Lipinski definition) is 2. The summed E-state index contributed by atoms with van der Waals surface area (Å²) in [5, 5.41) is 16.3. The number of aliphatic imine (C=N–C) groups is 1. The van der Waals surface area contributed by atoms with Gasteiger partial charge in [-0.1, -0.05) is 49.6 Å². The molecule has 5 heteroatoms. The molecular formula is C19H32IN3O. The van der Waals surface area contributed by atoms with Gasteiger partial charge in [-0.15, -0.1) is 24.0 Å². The van der Waals surface area contributed by atoms with Crippen molar-refractivity contribution in [3.63, 3.8) is 0 Å². The van der Waals surface area contributed by atoms with Gasteiger partial charge in [-0.25, -0.2) is 4.99 Å². The van der Waals surface area contributed by atoms with E-state index in [2.05, 4.69) is 29.7 Å². The van der Waals surface area contributed by atoms with Gasteiger partial charge in [0.1, 0.15) is 0 Å². The van der Waals surface area contributed by atoms with E-state index in [1.807, 2.05) is 18.2 Å². The Bertz CT molecular complexity index is 467. The average Bonchev–Trinajstić information content (AvgIpc) is 2.59. The van der Waals surface area contributed by atoms with E-state index in [1.54, 1.807) is 0 Å². The maximum Gasteiger partial charge on any atom is 0.191 e. The monoisotopic (exact) mass is 445 g/mol. The molecule has 3 N–H and O–H groups in total. The zero-order valence-electron chi connectivity index (χ0n) is 14.8. The lowest BCUT2D eigenvalue weighted by Gasteiger charge is -2.37. The van der Waals surface area contributed by atoms with Crippen molar-refractivity contribution >= 4 is 29.9 Å². The third kappa shape index (κ3) is 6.97. The van der Waals surface area contributed by atoms with Gasteiger partial charge in [-0.05, 0) is 37.2 Å². The molecule has 0 aromatic heterocycles. The first-order chi connectivity index (χ1) is 11.3. The van der Waals surface area contributed by atoms with Gasteiger partial charge >= 0.3 is 0 Å². The van der Waals surface area contributed by atoms with E-state index in [9.17, 15) is 5.11 Å². The number of rotatable bonds is 7. The Balaban J connectivity index is 0.00000288. The van der Waals surface area contributed by atoms with Crippen molar-refractivity contribution in [3.05, 3.63) is 35.9 Å². The minimum absolute atomic E-state index is 0. The number of nitrogens with zero attached hydrogens (tertiary/aromatic N) is 1. The Hall–Kier alpha value is -0.820. The van der Waals surface area contributed by atoms with E-state index in [-0.39, 0.29) is 36.0 Å².